The number of nitrogens with one attached hydrogen (secondary N) is 1. The fourth-order valence-electron chi connectivity index (χ4n) is 4.77. The van der Waals surface area contributed by atoms with Gasteiger partial charge in [0.05, 0.1) is 0 Å². The summed E-state index contributed by atoms with van der Waals surface area (Å²) in [7, 11) is 0. The lowest BCUT2D eigenvalue weighted by atomic mass is 9.83. The monoisotopic (exact) mass is 250 g/mol. The summed E-state index contributed by atoms with van der Waals surface area (Å²) >= 11 is 0. The van der Waals surface area contributed by atoms with E-state index in [9.17, 15) is 0 Å². The van der Waals surface area contributed by atoms with E-state index in [1.165, 1.54) is 51.7 Å². The fraction of sp³-hybridized carbons (Fsp3) is 1.00. The average molecular weight is 250 g/mol. The van der Waals surface area contributed by atoms with Gasteiger partial charge in [-0.2, -0.15) is 0 Å². The van der Waals surface area contributed by atoms with Crippen LogP contribution in [0.15, 0.2) is 0 Å². The minimum absolute atomic E-state index is 0.708. The zero-order chi connectivity index (χ0) is 12.5. The highest BCUT2D eigenvalue weighted by atomic mass is 15.2. The number of fused-ring (bicyclic) bond motifs is 2. The highest BCUT2D eigenvalue weighted by molar-refractivity contribution is 4.95. The van der Waals surface area contributed by atoms with Gasteiger partial charge in [0.15, 0.2) is 0 Å². The predicted molar refractivity (Wildman–Crippen MR) is 76.7 cm³/mol. The molecule has 2 bridgehead atoms. The second-order valence-corrected chi connectivity index (χ2v) is 7.11. The fourth-order valence-corrected chi connectivity index (χ4v) is 4.77. The Bertz CT molecular complexity index is 278. The van der Waals surface area contributed by atoms with Gasteiger partial charge in [0.2, 0.25) is 0 Å². The van der Waals surface area contributed by atoms with Crippen molar-refractivity contribution in [3.63, 3.8) is 0 Å². The van der Waals surface area contributed by atoms with E-state index in [0.717, 1.165) is 23.8 Å². The Hall–Kier alpha value is -0.0800. The summed E-state index contributed by atoms with van der Waals surface area (Å²) in [6.07, 6.45) is 8.82. The highest BCUT2D eigenvalue weighted by Gasteiger charge is 2.43. The molecule has 2 aliphatic carbocycles. The van der Waals surface area contributed by atoms with Gasteiger partial charge < -0.3 is 10.2 Å². The zero-order valence-corrected chi connectivity index (χ0v) is 12.2. The molecule has 1 aliphatic heterocycles. The molecule has 3 aliphatic rings. The minimum Gasteiger partial charge on any atom is -0.314 e. The largest absolute Gasteiger partial charge is 0.314 e. The van der Waals surface area contributed by atoms with Crippen molar-refractivity contribution in [1.29, 1.82) is 0 Å². The van der Waals surface area contributed by atoms with Crippen molar-refractivity contribution in [3.8, 4) is 0 Å². The van der Waals surface area contributed by atoms with Crippen LogP contribution < -0.4 is 5.32 Å². The molecule has 0 aromatic rings. The van der Waals surface area contributed by atoms with E-state index in [0.29, 0.717) is 6.04 Å². The molecule has 0 amide bonds. The van der Waals surface area contributed by atoms with Gasteiger partial charge in [-0.1, -0.05) is 6.42 Å². The molecule has 0 aromatic carbocycles. The smallest absolute Gasteiger partial charge is 0.00979 e. The maximum atomic E-state index is 3.61. The van der Waals surface area contributed by atoms with Crippen LogP contribution in [0.3, 0.4) is 0 Å². The maximum absolute atomic E-state index is 3.61. The van der Waals surface area contributed by atoms with Crippen LogP contribution in [0.5, 0.6) is 0 Å². The molecule has 0 radical (unpaired) electrons. The number of nitrogens with zero attached hydrogens (tertiary/aromatic N) is 1. The molecule has 3 fully saturated rings. The lowest BCUT2D eigenvalue weighted by Gasteiger charge is -2.38. The molecule has 0 aromatic heterocycles. The summed E-state index contributed by atoms with van der Waals surface area (Å²) in [5.41, 5.74) is 0. The summed E-state index contributed by atoms with van der Waals surface area (Å²) in [5.74, 6) is 3.19. The van der Waals surface area contributed by atoms with Crippen molar-refractivity contribution in [2.24, 2.45) is 17.8 Å². The SMILES string of the molecule is CC1CCN(C(C)C2CC3CCC2C3)CCCN1. The Morgan fingerprint density at radius 3 is 2.72 bits per heavy atom. The van der Waals surface area contributed by atoms with Crippen LogP contribution in [0, 0.1) is 17.8 Å². The maximum Gasteiger partial charge on any atom is 0.00979 e. The topological polar surface area (TPSA) is 15.3 Å². The van der Waals surface area contributed by atoms with E-state index in [-0.39, 0.29) is 0 Å². The summed E-state index contributed by atoms with van der Waals surface area (Å²) in [4.78, 5) is 2.81. The van der Waals surface area contributed by atoms with Crippen molar-refractivity contribution >= 4 is 0 Å². The van der Waals surface area contributed by atoms with Gasteiger partial charge in [0, 0.05) is 12.1 Å². The van der Waals surface area contributed by atoms with Crippen molar-refractivity contribution in [1.82, 2.24) is 10.2 Å². The van der Waals surface area contributed by atoms with Gasteiger partial charge in [-0.15, -0.1) is 0 Å². The first kappa shape index (κ1) is 12.9. The molecule has 2 saturated carbocycles. The molecule has 1 heterocycles. The standard InChI is InChI=1S/C16H30N2/c1-12-6-9-18(8-3-7-17-12)13(2)16-11-14-4-5-15(16)10-14/h12-17H,3-11H2,1-2H3. The molecule has 104 valence electrons. The summed E-state index contributed by atoms with van der Waals surface area (Å²) in [6.45, 7) is 8.69. The van der Waals surface area contributed by atoms with Gasteiger partial charge in [-0.05, 0) is 83.3 Å². The Balaban J connectivity index is 1.58. The van der Waals surface area contributed by atoms with E-state index >= 15 is 0 Å². The first-order valence-corrected chi connectivity index (χ1v) is 8.21. The van der Waals surface area contributed by atoms with Crippen LogP contribution in [0.4, 0.5) is 0 Å². The second-order valence-electron chi connectivity index (χ2n) is 7.11. The summed E-state index contributed by atoms with van der Waals surface area (Å²) in [6, 6.07) is 1.55. The Labute approximate surface area is 113 Å². The zero-order valence-electron chi connectivity index (χ0n) is 12.2. The lowest BCUT2D eigenvalue weighted by Crippen LogP contribution is -2.45. The molecular formula is C16H30N2. The lowest BCUT2D eigenvalue weighted by molar-refractivity contribution is 0.108. The van der Waals surface area contributed by atoms with Gasteiger partial charge in [0.1, 0.15) is 0 Å². The predicted octanol–water partition coefficient (Wildman–Crippen LogP) is 2.89. The molecule has 2 heteroatoms. The van der Waals surface area contributed by atoms with Crippen molar-refractivity contribution in [2.75, 3.05) is 19.6 Å². The van der Waals surface area contributed by atoms with Gasteiger partial charge in [-0.3, -0.25) is 0 Å². The molecule has 2 nitrogen and oxygen atoms in total. The quantitative estimate of drug-likeness (QED) is 0.811. The second kappa shape index (κ2) is 5.50. The van der Waals surface area contributed by atoms with Crippen LogP contribution in [0.25, 0.3) is 0 Å². The van der Waals surface area contributed by atoms with E-state index in [4.69, 9.17) is 0 Å². The van der Waals surface area contributed by atoms with Crippen molar-refractivity contribution in [3.05, 3.63) is 0 Å². The average Bonchev–Trinajstić information content (AvgIpc) is 2.96. The Morgan fingerprint density at radius 2 is 2.00 bits per heavy atom. The van der Waals surface area contributed by atoms with Crippen LogP contribution in [-0.2, 0) is 0 Å². The first-order valence-electron chi connectivity index (χ1n) is 8.21. The van der Waals surface area contributed by atoms with Crippen LogP contribution in [0.1, 0.15) is 52.4 Å². The van der Waals surface area contributed by atoms with Crippen LogP contribution >= 0.6 is 0 Å². The van der Waals surface area contributed by atoms with Gasteiger partial charge in [0.25, 0.3) is 0 Å². The van der Waals surface area contributed by atoms with E-state index < -0.39 is 0 Å². The number of hydrogen-bond donors (Lipinski definition) is 1. The molecule has 0 spiro atoms. The molecule has 3 rings (SSSR count). The van der Waals surface area contributed by atoms with Crippen molar-refractivity contribution in [2.45, 2.75) is 64.5 Å². The molecule has 1 N–H and O–H groups in total. The third kappa shape index (κ3) is 2.60. The molecule has 5 unspecified atom stereocenters. The summed E-state index contributed by atoms with van der Waals surface area (Å²) < 4.78 is 0. The Morgan fingerprint density at radius 1 is 1.11 bits per heavy atom. The Kier molecular flexibility index (Phi) is 3.95. The number of hydrogen-bond acceptors (Lipinski definition) is 2. The summed E-state index contributed by atoms with van der Waals surface area (Å²) in [5, 5.41) is 3.61. The molecule has 5 atom stereocenters. The van der Waals surface area contributed by atoms with Crippen LogP contribution in [-0.4, -0.2) is 36.6 Å². The normalized spacial score (nSPS) is 43.7. The van der Waals surface area contributed by atoms with Gasteiger partial charge in [-0.25, -0.2) is 0 Å². The van der Waals surface area contributed by atoms with E-state index in [1.807, 2.05) is 0 Å². The number of rotatable bonds is 2. The van der Waals surface area contributed by atoms with E-state index in [1.54, 1.807) is 6.42 Å². The van der Waals surface area contributed by atoms with E-state index in [2.05, 4.69) is 24.1 Å². The minimum atomic E-state index is 0.708. The molecular weight excluding hydrogens is 220 g/mol. The first-order chi connectivity index (χ1) is 8.74. The third-order valence-electron chi connectivity index (χ3n) is 5.95. The highest BCUT2D eigenvalue weighted by Crippen LogP contribution is 2.50. The molecule has 1 saturated heterocycles. The van der Waals surface area contributed by atoms with Crippen LogP contribution in [0.2, 0.25) is 0 Å². The third-order valence-corrected chi connectivity index (χ3v) is 5.95. The van der Waals surface area contributed by atoms with Gasteiger partial charge >= 0.3 is 0 Å². The molecule has 18 heavy (non-hydrogen) atoms. The van der Waals surface area contributed by atoms with Crippen molar-refractivity contribution < 1.29 is 0 Å².